The van der Waals surface area contributed by atoms with Crippen LogP contribution in [0.15, 0.2) is 114 Å². The Morgan fingerprint density at radius 2 is 1.25 bits per heavy atom. The van der Waals surface area contributed by atoms with Gasteiger partial charge in [0.1, 0.15) is 11.2 Å². The first kappa shape index (κ1) is 22.2. The van der Waals surface area contributed by atoms with Crippen molar-refractivity contribution in [1.29, 1.82) is 0 Å². The van der Waals surface area contributed by atoms with Gasteiger partial charge in [0.2, 0.25) is 0 Å². The van der Waals surface area contributed by atoms with Gasteiger partial charge in [-0.05, 0) is 59.4 Å². The van der Waals surface area contributed by atoms with Gasteiger partial charge in [0.25, 0.3) is 0 Å². The van der Waals surface area contributed by atoms with E-state index in [4.69, 9.17) is 4.42 Å². The Morgan fingerprint density at radius 3 is 2.08 bits per heavy atom. The summed E-state index contributed by atoms with van der Waals surface area (Å²) in [5.74, 6) is 0. The third-order valence-electron chi connectivity index (χ3n) is 7.08. The monoisotopic (exact) mass is 467 g/mol. The highest BCUT2D eigenvalue weighted by Gasteiger charge is 2.14. The number of para-hydroxylation sites is 2. The molecule has 0 saturated heterocycles. The van der Waals surface area contributed by atoms with Gasteiger partial charge < -0.3 is 9.73 Å². The minimum absolute atomic E-state index is 0.925. The molecule has 6 aromatic rings. The van der Waals surface area contributed by atoms with Gasteiger partial charge in [0.15, 0.2) is 0 Å². The highest BCUT2D eigenvalue weighted by atomic mass is 16.3. The van der Waals surface area contributed by atoms with Crippen molar-refractivity contribution in [3.8, 4) is 22.3 Å². The second-order valence-corrected chi connectivity index (χ2v) is 9.19. The number of hydrogen-bond acceptors (Lipinski definition) is 2. The molecule has 1 N–H and O–H groups in total. The van der Waals surface area contributed by atoms with Gasteiger partial charge in [-0.1, -0.05) is 98.8 Å². The quantitative estimate of drug-likeness (QED) is 0.264. The Bertz CT molecular complexity index is 1670. The van der Waals surface area contributed by atoms with Crippen LogP contribution in [0.3, 0.4) is 0 Å². The third-order valence-corrected chi connectivity index (χ3v) is 7.08. The number of anilines is 2. The van der Waals surface area contributed by atoms with Crippen molar-refractivity contribution in [1.82, 2.24) is 0 Å². The topological polar surface area (TPSA) is 25.2 Å². The van der Waals surface area contributed by atoms with Crippen LogP contribution in [-0.2, 0) is 12.8 Å². The van der Waals surface area contributed by atoms with Crippen LogP contribution < -0.4 is 5.32 Å². The first-order valence-corrected chi connectivity index (χ1v) is 12.7. The molecule has 0 bridgehead atoms. The van der Waals surface area contributed by atoms with Gasteiger partial charge in [-0.2, -0.15) is 0 Å². The Balaban J connectivity index is 1.38. The molecule has 6 rings (SSSR count). The zero-order valence-electron chi connectivity index (χ0n) is 20.7. The molecular weight excluding hydrogens is 438 g/mol. The van der Waals surface area contributed by atoms with E-state index < -0.39 is 0 Å². The van der Waals surface area contributed by atoms with Crippen molar-refractivity contribution in [2.75, 3.05) is 5.32 Å². The van der Waals surface area contributed by atoms with Crippen LogP contribution in [0.4, 0.5) is 11.4 Å². The zero-order valence-corrected chi connectivity index (χ0v) is 20.7. The SMILES string of the molecule is CCc1ccccc1-c1c(CC)cccc1Nc1ccc(-c2cccc3c2oc2ccccc23)cc1. The Labute approximate surface area is 212 Å². The van der Waals surface area contributed by atoms with Crippen molar-refractivity contribution in [2.45, 2.75) is 26.7 Å². The Kier molecular flexibility index (Phi) is 5.79. The van der Waals surface area contributed by atoms with Crippen molar-refractivity contribution in [2.24, 2.45) is 0 Å². The molecule has 0 aliphatic rings. The lowest BCUT2D eigenvalue weighted by Gasteiger charge is -2.18. The van der Waals surface area contributed by atoms with Crippen LogP contribution >= 0.6 is 0 Å². The predicted molar refractivity (Wildman–Crippen MR) is 153 cm³/mol. The summed E-state index contributed by atoms with van der Waals surface area (Å²) in [6, 6.07) is 38.6. The lowest BCUT2D eigenvalue weighted by molar-refractivity contribution is 0.670. The average Bonchev–Trinajstić information content (AvgIpc) is 3.32. The molecule has 1 aromatic heterocycles. The predicted octanol–water partition coefficient (Wildman–Crippen LogP) is 9.79. The van der Waals surface area contributed by atoms with Gasteiger partial charge in [-0.3, -0.25) is 0 Å². The molecule has 176 valence electrons. The smallest absolute Gasteiger partial charge is 0.143 e. The van der Waals surface area contributed by atoms with E-state index in [2.05, 4.69) is 116 Å². The summed E-state index contributed by atoms with van der Waals surface area (Å²) in [6.45, 7) is 4.45. The second kappa shape index (κ2) is 9.39. The number of rotatable bonds is 6. The summed E-state index contributed by atoms with van der Waals surface area (Å²) in [7, 11) is 0. The second-order valence-electron chi connectivity index (χ2n) is 9.19. The van der Waals surface area contributed by atoms with Gasteiger partial charge in [-0.15, -0.1) is 0 Å². The fourth-order valence-electron chi connectivity index (χ4n) is 5.25. The van der Waals surface area contributed by atoms with Crippen LogP contribution in [0.5, 0.6) is 0 Å². The summed E-state index contributed by atoms with van der Waals surface area (Å²) >= 11 is 0. The first-order valence-electron chi connectivity index (χ1n) is 12.7. The standard InChI is InChI=1S/C34H29NO/c1-3-23-11-5-6-13-27(23)33-24(4-2)12-9-17-31(33)35-26-21-19-25(20-22-26)28-15-10-16-30-29-14-7-8-18-32(29)36-34(28)30/h5-22,35H,3-4H2,1-2H3. The first-order chi connectivity index (χ1) is 17.8. The maximum atomic E-state index is 6.26. The minimum Gasteiger partial charge on any atom is -0.455 e. The lowest BCUT2D eigenvalue weighted by Crippen LogP contribution is -1.99. The lowest BCUT2D eigenvalue weighted by atomic mass is 9.91. The van der Waals surface area contributed by atoms with Crippen LogP contribution in [0.1, 0.15) is 25.0 Å². The van der Waals surface area contributed by atoms with Gasteiger partial charge in [-0.25, -0.2) is 0 Å². The molecule has 0 saturated carbocycles. The van der Waals surface area contributed by atoms with Crippen LogP contribution in [0.2, 0.25) is 0 Å². The zero-order chi connectivity index (χ0) is 24.5. The molecule has 1 heterocycles. The van der Waals surface area contributed by atoms with Gasteiger partial charge in [0, 0.05) is 33.3 Å². The molecule has 0 amide bonds. The number of nitrogens with one attached hydrogen (secondary N) is 1. The van der Waals surface area contributed by atoms with Gasteiger partial charge in [0.05, 0.1) is 0 Å². The van der Waals surface area contributed by atoms with Crippen molar-refractivity contribution in [3.63, 3.8) is 0 Å². The number of benzene rings is 5. The van der Waals surface area contributed by atoms with E-state index in [0.29, 0.717) is 0 Å². The summed E-state index contributed by atoms with van der Waals surface area (Å²) in [4.78, 5) is 0. The highest BCUT2D eigenvalue weighted by molar-refractivity contribution is 6.09. The molecule has 0 spiro atoms. The number of aryl methyl sites for hydroxylation is 2. The summed E-state index contributed by atoms with van der Waals surface area (Å²) < 4.78 is 6.26. The molecule has 5 aromatic carbocycles. The Hall–Kier alpha value is -4.30. The maximum absolute atomic E-state index is 6.26. The highest BCUT2D eigenvalue weighted by Crippen LogP contribution is 2.38. The Morgan fingerprint density at radius 1 is 0.583 bits per heavy atom. The van der Waals surface area contributed by atoms with Crippen molar-refractivity contribution < 1.29 is 4.42 Å². The average molecular weight is 468 g/mol. The maximum Gasteiger partial charge on any atom is 0.143 e. The van der Waals surface area contributed by atoms with E-state index >= 15 is 0 Å². The fourth-order valence-corrected chi connectivity index (χ4v) is 5.25. The van der Waals surface area contributed by atoms with E-state index in [1.807, 2.05) is 12.1 Å². The van der Waals surface area contributed by atoms with Crippen LogP contribution in [0, 0.1) is 0 Å². The molecule has 0 fully saturated rings. The largest absolute Gasteiger partial charge is 0.455 e. The summed E-state index contributed by atoms with van der Waals surface area (Å²) in [6.07, 6.45) is 2.00. The van der Waals surface area contributed by atoms with Crippen molar-refractivity contribution >= 4 is 33.3 Å². The van der Waals surface area contributed by atoms with Crippen LogP contribution in [-0.4, -0.2) is 0 Å². The molecule has 0 aliphatic carbocycles. The van der Waals surface area contributed by atoms with E-state index in [0.717, 1.165) is 57.3 Å². The molecule has 0 unspecified atom stereocenters. The van der Waals surface area contributed by atoms with Crippen molar-refractivity contribution in [3.05, 3.63) is 120 Å². The van der Waals surface area contributed by atoms with E-state index in [-0.39, 0.29) is 0 Å². The number of hydrogen-bond donors (Lipinski definition) is 1. The minimum atomic E-state index is 0.925. The number of furan rings is 1. The molecule has 2 nitrogen and oxygen atoms in total. The van der Waals surface area contributed by atoms with Crippen LogP contribution in [0.25, 0.3) is 44.2 Å². The number of fused-ring (bicyclic) bond motifs is 3. The summed E-state index contributed by atoms with van der Waals surface area (Å²) in [5, 5.41) is 6.02. The fraction of sp³-hybridized carbons (Fsp3) is 0.118. The third kappa shape index (κ3) is 3.85. The molecular formula is C34H29NO. The molecule has 0 atom stereocenters. The van der Waals surface area contributed by atoms with E-state index in [9.17, 15) is 0 Å². The normalized spacial score (nSPS) is 11.3. The molecule has 2 heteroatoms. The molecule has 0 radical (unpaired) electrons. The van der Waals surface area contributed by atoms with Gasteiger partial charge >= 0.3 is 0 Å². The van der Waals surface area contributed by atoms with E-state index in [1.54, 1.807) is 0 Å². The molecule has 36 heavy (non-hydrogen) atoms. The van der Waals surface area contributed by atoms with E-state index in [1.165, 1.54) is 22.3 Å². The molecule has 0 aliphatic heterocycles. The summed E-state index contributed by atoms with van der Waals surface area (Å²) in [5.41, 5.74) is 11.7.